The van der Waals surface area contributed by atoms with Crippen molar-refractivity contribution in [2.45, 2.75) is 39.7 Å². The minimum Gasteiger partial charge on any atom is -0.340 e. The second-order valence-corrected chi connectivity index (χ2v) is 5.66. The van der Waals surface area contributed by atoms with Gasteiger partial charge in [-0.05, 0) is 37.6 Å². The Labute approximate surface area is 125 Å². The summed E-state index contributed by atoms with van der Waals surface area (Å²) in [5.74, 6) is 0.125. The van der Waals surface area contributed by atoms with E-state index in [1.54, 1.807) is 6.92 Å². The number of rotatable bonds is 5. The third-order valence-electron chi connectivity index (χ3n) is 4.16. The van der Waals surface area contributed by atoms with Crippen LogP contribution in [0.1, 0.15) is 43.5 Å². The first-order chi connectivity index (χ1) is 10.2. The zero-order valence-electron chi connectivity index (χ0n) is 12.7. The predicted molar refractivity (Wildman–Crippen MR) is 89.0 cm³/mol. The molecule has 0 unspecified atom stereocenters. The van der Waals surface area contributed by atoms with Gasteiger partial charge in [-0.25, -0.2) is 0 Å². The number of benzene rings is 2. The van der Waals surface area contributed by atoms with E-state index in [-0.39, 0.29) is 5.78 Å². The van der Waals surface area contributed by atoms with Crippen molar-refractivity contribution in [1.82, 2.24) is 4.57 Å². The average Bonchev–Trinajstić information content (AvgIpc) is 2.81. The van der Waals surface area contributed by atoms with Crippen LogP contribution in [0.4, 0.5) is 0 Å². The normalized spacial score (nSPS) is 11.3. The fourth-order valence-electron chi connectivity index (χ4n) is 3.03. The van der Waals surface area contributed by atoms with E-state index in [0.717, 1.165) is 12.1 Å². The van der Waals surface area contributed by atoms with E-state index in [9.17, 15) is 4.79 Å². The van der Waals surface area contributed by atoms with Gasteiger partial charge in [-0.1, -0.05) is 38.0 Å². The van der Waals surface area contributed by atoms with Crippen molar-refractivity contribution in [3.05, 3.63) is 48.0 Å². The molecular weight excluding hydrogens is 258 g/mol. The number of ketones is 1. The van der Waals surface area contributed by atoms with Crippen LogP contribution >= 0.6 is 0 Å². The summed E-state index contributed by atoms with van der Waals surface area (Å²) < 4.78 is 2.39. The molecule has 3 rings (SSSR count). The first-order valence-corrected chi connectivity index (χ1v) is 7.74. The first-order valence-electron chi connectivity index (χ1n) is 7.74. The highest BCUT2D eigenvalue weighted by Gasteiger charge is 2.11. The Hall–Kier alpha value is -2.09. The standard InChI is InChI=1S/C19H21NO/c1-3-4-7-12-20-18-9-6-5-8-16(18)17-13-15(14(2)21)10-11-19(17)20/h5-6,8-11,13H,3-4,7,12H2,1-2H3. The third-order valence-corrected chi connectivity index (χ3v) is 4.16. The van der Waals surface area contributed by atoms with Gasteiger partial charge in [-0.15, -0.1) is 0 Å². The second kappa shape index (κ2) is 5.72. The molecule has 0 radical (unpaired) electrons. The monoisotopic (exact) mass is 279 g/mol. The number of para-hydroxylation sites is 1. The zero-order chi connectivity index (χ0) is 14.8. The number of Topliss-reactive ketones (excluding diaryl/α,β-unsaturated/α-hetero) is 1. The highest BCUT2D eigenvalue weighted by Crippen LogP contribution is 2.30. The van der Waals surface area contributed by atoms with Crippen LogP contribution in [0.25, 0.3) is 21.8 Å². The van der Waals surface area contributed by atoms with Crippen LogP contribution in [0, 0.1) is 0 Å². The van der Waals surface area contributed by atoms with Gasteiger partial charge in [0.25, 0.3) is 0 Å². The van der Waals surface area contributed by atoms with Crippen LogP contribution in [-0.2, 0) is 6.54 Å². The molecule has 0 N–H and O–H groups in total. The maximum Gasteiger partial charge on any atom is 0.159 e. The quantitative estimate of drug-likeness (QED) is 0.465. The number of aromatic nitrogens is 1. The van der Waals surface area contributed by atoms with Crippen molar-refractivity contribution in [2.24, 2.45) is 0 Å². The molecule has 0 spiro atoms. The van der Waals surface area contributed by atoms with Crippen molar-refractivity contribution >= 4 is 27.6 Å². The van der Waals surface area contributed by atoms with E-state index < -0.39 is 0 Å². The lowest BCUT2D eigenvalue weighted by atomic mass is 10.1. The molecule has 0 aliphatic heterocycles. The summed E-state index contributed by atoms with van der Waals surface area (Å²) in [6, 6.07) is 14.6. The Morgan fingerprint density at radius 1 is 1.00 bits per heavy atom. The number of carbonyl (C=O) groups excluding carboxylic acids is 1. The Bertz CT molecular complexity index is 798. The van der Waals surface area contributed by atoms with Crippen molar-refractivity contribution in [3.63, 3.8) is 0 Å². The van der Waals surface area contributed by atoms with Crippen LogP contribution < -0.4 is 0 Å². The molecule has 0 amide bonds. The van der Waals surface area contributed by atoms with E-state index in [1.165, 1.54) is 41.1 Å². The van der Waals surface area contributed by atoms with Crippen LogP contribution in [0.2, 0.25) is 0 Å². The molecule has 0 aliphatic carbocycles. The van der Waals surface area contributed by atoms with Gasteiger partial charge in [-0.3, -0.25) is 4.79 Å². The van der Waals surface area contributed by atoms with Gasteiger partial charge < -0.3 is 4.57 Å². The molecule has 108 valence electrons. The maximum atomic E-state index is 11.6. The van der Waals surface area contributed by atoms with Crippen LogP contribution in [0.5, 0.6) is 0 Å². The molecule has 0 saturated heterocycles. The molecule has 2 heteroatoms. The van der Waals surface area contributed by atoms with Crippen molar-refractivity contribution in [2.75, 3.05) is 0 Å². The van der Waals surface area contributed by atoms with Crippen molar-refractivity contribution in [3.8, 4) is 0 Å². The van der Waals surface area contributed by atoms with Crippen molar-refractivity contribution in [1.29, 1.82) is 0 Å². The Kier molecular flexibility index (Phi) is 3.78. The van der Waals surface area contributed by atoms with Gasteiger partial charge in [-0.2, -0.15) is 0 Å². The predicted octanol–water partition coefficient (Wildman–Crippen LogP) is 5.19. The van der Waals surface area contributed by atoms with Gasteiger partial charge in [0.2, 0.25) is 0 Å². The van der Waals surface area contributed by atoms with Crippen LogP contribution in [0.3, 0.4) is 0 Å². The molecule has 2 aromatic carbocycles. The summed E-state index contributed by atoms with van der Waals surface area (Å²) in [5.41, 5.74) is 3.29. The summed E-state index contributed by atoms with van der Waals surface area (Å²) in [6.07, 6.45) is 3.67. The summed E-state index contributed by atoms with van der Waals surface area (Å²) >= 11 is 0. The van der Waals surface area contributed by atoms with Crippen LogP contribution in [0.15, 0.2) is 42.5 Å². The summed E-state index contributed by atoms with van der Waals surface area (Å²) in [5, 5.41) is 2.43. The molecule has 1 aromatic heterocycles. The van der Waals surface area contributed by atoms with E-state index in [0.29, 0.717) is 0 Å². The Balaban J connectivity index is 2.21. The maximum absolute atomic E-state index is 11.6. The lowest BCUT2D eigenvalue weighted by molar-refractivity contribution is 0.101. The summed E-state index contributed by atoms with van der Waals surface area (Å²) in [7, 11) is 0. The number of carbonyl (C=O) groups is 1. The number of hydrogen-bond donors (Lipinski definition) is 0. The molecule has 21 heavy (non-hydrogen) atoms. The molecule has 0 bridgehead atoms. The third kappa shape index (κ3) is 2.46. The fourth-order valence-corrected chi connectivity index (χ4v) is 3.03. The summed E-state index contributed by atoms with van der Waals surface area (Å²) in [4.78, 5) is 11.6. The fraction of sp³-hybridized carbons (Fsp3) is 0.316. The van der Waals surface area contributed by atoms with Gasteiger partial charge in [0, 0.05) is 33.9 Å². The first kappa shape index (κ1) is 13.9. The minimum absolute atomic E-state index is 0.125. The Morgan fingerprint density at radius 3 is 2.52 bits per heavy atom. The smallest absolute Gasteiger partial charge is 0.159 e. The highest BCUT2D eigenvalue weighted by molar-refractivity contribution is 6.10. The molecule has 1 heterocycles. The topological polar surface area (TPSA) is 22.0 Å². The van der Waals surface area contributed by atoms with Crippen LogP contribution in [-0.4, -0.2) is 10.4 Å². The molecule has 0 saturated carbocycles. The molecule has 0 aliphatic rings. The van der Waals surface area contributed by atoms with Gasteiger partial charge >= 0.3 is 0 Å². The Morgan fingerprint density at radius 2 is 1.76 bits per heavy atom. The SMILES string of the molecule is CCCCCn1c2ccccc2c2cc(C(C)=O)ccc21. The summed E-state index contributed by atoms with van der Waals surface area (Å²) in [6.45, 7) is 4.89. The molecule has 0 fully saturated rings. The molecule has 3 aromatic rings. The number of fused-ring (bicyclic) bond motifs is 3. The molecular formula is C19H21NO. The number of unbranched alkanes of at least 4 members (excludes halogenated alkanes) is 2. The average molecular weight is 279 g/mol. The number of nitrogens with zero attached hydrogens (tertiary/aromatic N) is 1. The molecule has 0 atom stereocenters. The highest BCUT2D eigenvalue weighted by atomic mass is 16.1. The lowest BCUT2D eigenvalue weighted by Gasteiger charge is -2.07. The van der Waals surface area contributed by atoms with Crippen molar-refractivity contribution < 1.29 is 4.79 Å². The van der Waals surface area contributed by atoms with E-state index in [4.69, 9.17) is 0 Å². The zero-order valence-corrected chi connectivity index (χ0v) is 12.7. The van der Waals surface area contributed by atoms with Gasteiger partial charge in [0.05, 0.1) is 0 Å². The van der Waals surface area contributed by atoms with Gasteiger partial charge in [0.15, 0.2) is 5.78 Å². The minimum atomic E-state index is 0.125. The van der Waals surface area contributed by atoms with Gasteiger partial charge in [0.1, 0.15) is 0 Å². The van der Waals surface area contributed by atoms with E-state index in [1.807, 2.05) is 12.1 Å². The second-order valence-electron chi connectivity index (χ2n) is 5.66. The lowest BCUT2D eigenvalue weighted by Crippen LogP contribution is -1.98. The molecule has 2 nitrogen and oxygen atoms in total. The number of hydrogen-bond acceptors (Lipinski definition) is 1. The number of aryl methyl sites for hydroxylation is 1. The largest absolute Gasteiger partial charge is 0.340 e. The van der Waals surface area contributed by atoms with E-state index >= 15 is 0 Å². The van der Waals surface area contributed by atoms with E-state index in [2.05, 4.69) is 41.8 Å².